The van der Waals surface area contributed by atoms with E-state index in [9.17, 15) is 5.26 Å². The highest BCUT2D eigenvalue weighted by Crippen LogP contribution is 2.42. The third kappa shape index (κ3) is 3.25. The average Bonchev–Trinajstić information content (AvgIpc) is 2.87. The summed E-state index contributed by atoms with van der Waals surface area (Å²) in [4.78, 5) is 0. The van der Waals surface area contributed by atoms with Crippen molar-refractivity contribution in [3.63, 3.8) is 0 Å². The van der Waals surface area contributed by atoms with Gasteiger partial charge in [-0.15, -0.1) is 5.12 Å². The van der Waals surface area contributed by atoms with Crippen molar-refractivity contribution in [3.8, 4) is 6.07 Å². The third-order valence-corrected chi connectivity index (χ3v) is 6.03. The molecule has 0 aromatic heterocycles. The van der Waals surface area contributed by atoms with E-state index in [4.69, 9.17) is 0 Å². The number of allylic oxidation sites excluding steroid dienone is 1. The summed E-state index contributed by atoms with van der Waals surface area (Å²) in [7, 11) is 2.05. The molecular formula is C22H24BrN5. The number of nitrogens with one attached hydrogen (secondary N) is 2. The molecule has 2 aromatic rings. The summed E-state index contributed by atoms with van der Waals surface area (Å²) in [6.45, 7) is 5.29. The lowest BCUT2D eigenvalue weighted by molar-refractivity contribution is 0.0331. The molecule has 144 valence electrons. The zero-order valence-electron chi connectivity index (χ0n) is 16.3. The second kappa shape index (κ2) is 7.50. The number of nitrogens with zero attached hydrogens (tertiary/aromatic N) is 3. The highest BCUT2D eigenvalue weighted by atomic mass is 79.9. The molecule has 2 atom stereocenters. The van der Waals surface area contributed by atoms with Crippen LogP contribution in [0.4, 0.5) is 5.69 Å². The first kappa shape index (κ1) is 18.9. The number of hydrogen-bond donors (Lipinski definition) is 2. The second-order valence-electron chi connectivity index (χ2n) is 7.51. The maximum Gasteiger partial charge on any atom is 0.0816 e. The number of fused-ring (bicyclic) bond motifs is 3. The minimum atomic E-state index is 0.131. The molecule has 0 saturated carbocycles. The van der Waals surface area contributed by atoms with E-state index in [0.717, 1.165) is 28.0 Å². The lowest BCUT2D eigenvalue weighted by Gasteiger charge is -2.31. The van der Waals surface area contributed by atoms with Crippen LogP contribution in [0, 0.1) is 17.2 Å². The van der Waals surface area contributed by atoms with E-state index in [1.165, 1.54) is 16.8 Å². The van der Waals surface area contributed by atoms with Crippen molar-refractivity contribution in [2.75, 3.05) is 18.9 Å². The van der Waals surface area contributed by atoms with Gasteiger partial charge in [-0.05, 0) is 42.2 Å². The topological polar surface area (TPSA) is 54.3 Å². The number of hydrogen-bond acceptors (Lipinski definition) is 5. The highest BCUT2D eigenvalue weighted by Gasteiger charge is 2.36. The van der Waals surface area contributed by atoms with Crippen LogP contribution in [-0.2, 0) is 6.42 Å². The molecule has 0 fully saturated rings. The fraction of sp³-hybridized carbons (Fsp3) is 0.318. The van der Waals surface area contributed by atoms with Crippen LogP contribution in [0.25, 0.3) is 5.70 Å². The largest absolute Gasteiger partial charge is 0.378 e. The molecule has 5 nitrogen and oxygen atoms in total. The predicted molar refractivity (Wildman–Crippen MR) is 116 cm³/mol. The maximum absolute atomic E-state index is 9.20. The lowest BCUT2D eigenvalue weighted by atomic mass is 9.91. The van der Waals surface area contributed by atoms with E-state index >= 15 is 0 Å². The molecule has 2 heterocycles. The van der Waals surface area contributed by atoms with Crippen molar-refractivity contribution in [3.05, 3.63) is 69.3 Å². The van der Waals surface area contributed by atoms with Gasteiger partial charge in [0.05, 0.1) is 29.9 Å². The summed E-state index contributed by atoms with van der Waals surface area (Å²) < 4.78 is 1.07. The molecular weight excluding hydrogens is 414 g/mol. The van der Waals surface area contributed by atoms with Gasteiger partial charge in [0, 0.05) is 29.3 Å². The first-order valence-corrected chi connectivity index (χ1v) is 10.3. The van der Waals surface area contributed by atoms with E-state index < -0.39 is 0 Å². The van der Waals surface area contributed by atoms with E-state index in [2.05, 4.69) is 88.0 Å². The van der Waals surface area contributed by atoms with E-state index in [1.54, 1.807) is 0 Å². The van der Waals surface area contributed by atoms with E-state index in [1.807, 2.05) is 18.2 Å². The van der Waals surface area contributed by atoms with Gasteiger partial charge in [-0.3, -0.25) is 5.01 Å². The molecule has 2 aliphatic rings. The highest BCUT2D eigenvalue weighted by molar-refractivity contribution is 9.10. The Balaban J connectivity index is 1.82. The van der Waals surface area contributed by atoms with Gasteiger partial charge in [-0.25, -0.2) is 0 Å². The van der Waals surface area contributed by atoms with Gasteiger partial charge in [-0.2, -0.15) is 5.26 Å². The fourth-order valence-corrected chi connectivity index (χ4v) is 4.61. The van der Waals surface area contributed by atoms with Gasteiger partial charge < -0.3 is 10.7 Å². The minimum absolute atomic E-state index is 0.131. The monoisotopic (exact) mass is 437 g/mol. The van der Waals surface area contributed by atoms with Gasteiger partial charge in [0.15, 0.2) is 0 Å². The molecule has 0 saturated heterocycles. The van der Waals surface area contributed by atoms with Crippen molar-refractivity contribution < 1.29 is 0 Å². The predicted octanol–water partition coefficient (Wildman–Crippen LogP) is 4.67. The van der Waals surface area contributed by atoms with Crippen LogP contribution in [0.3, 0.4) is 0 Å². The lowest BCUT2D eigenvalue weighted by Crippen LogP contribution is -2.42. The van der Waals surface area contributed by atoms with Crippen LogP contribution in [0.2, 0.25) is 0 Å². The van der Waals surface area contributed by atoms with Crippen molar-refractivity contribution >= 4 is 27.3 Å². The van der Waals surface area contributed by atoms with Crippen LogP contribution < -0.4 is 10.7 Å². The van der Waals surface area contributed by atoms with Crippen LogP contribution in [0.5, 0.6) is 0 Å². The average molecular weight is 438 g/mol. The van der Waals surface area contributed by atoms with Crippen LogP contribution >= 0.6 is 15.9 Å². The molecule has 28 heavy (non-hydrogen) atoms. The van der Waals surface area contributed by atoms with Crippen molar-refractivity contribution in [1.29, 1.82) is 5.26 Å². The number of anilines is 1. The molecule has 4 rings (SSSR count). The first-order valence-electron chi connectivity index (χ1n) is 9.49. The Bertz CT molecular complexity index is 977. The Hall–Kier alpha value is -2.49. The van der Waals surface area contributed by atoms with Gasteiger partial charge in [0.25, 0.3) is 0 Å². The molecule has 0 aliphatic carbocycles. The van der Waals surface area contributed by atoms with Crippen molar-refractivity contribution in [2.45, 2.75) is 26.3 Å². The molecule has 0 spiro atoms. The zero-order valence-corrected chi connectivity index (χ0v) is 17.9. The maximum atomic E-state index is 9.20. The summed E-state index contributed by atoms with van der Waals surface area (Å²) in [6, 6.07) is 17.0. The van der Waals surface area contributed by atoms with E-state index in [0.29, 0.717) is 12.3 Å². The number of hydrazine groups is 2. The summed E-state index contributed by atoms with van der Waals surface area (Å²) in [5, 5.41) is 17.3. The van der Waals surface area contributed by atoms with E-state index in [-0.39, 0.29) is 6.04 Å². The summed E-state index contributed by atoms with van der Waals surface area (Å²) in [6.07, 6.45) is 0.401. The summed E-state index contributed by atoms with van der Waals surface area (Å²) >= 11 is 3.66. The standard InChI is InChI=1S/C22H24BrN5/c1-14-13-28-22(15(2)26-27(28)3)18-9-8-17(23)12-19(18)21(14)25-20-7-5-4-6-16(20)10-11-24/h4-9,12,14,21,25-26H,10,13H2,1-3H3/t14-,21?/m1/s1. The first-order chi connectivity index (χ1) is 13.5. The van der Waals surface area contributed by atoms with Gasteiger partial charge in [-0.1, -0.05) is 47.1 Å². The molecule has 2 aliphatic heterocycles. The smallest absolute Gasteiger partial charge is 0.0816 e. The molecule has 6 heteroatoms. The Kier molecular flexibility index (Phi) is 5.05. The van der Waals surface area contributed by atoms with Crippen LogP contribution in [0.15, 0.2) is 52.6 Å². The number of nitriles is 1. The third-order valence-electron chi connectivity index (χ3n) is 5.54. The number of para-hydroxylation sites is 1. The summed E-state index contributed by atoms with van der Waals surface area (Å²) in [5.74, 6) is 0.343. The number of benzene rings is 2. The SMILES string of the molecule is CC1=C2c3ccc(Br)cc3C(Nc3ccccc3CC#N)[C@H](C)CN2N(C)N1. The second-order valence-corrected chi connectivity index (χ2v) is 8.43. The van der Waals surface area contributed by atoms with Crippen molar-refractivity contribution in [2.24, 2.45) is 5.92 Å². The molecule has 1 unspecified atom stereocenters. The molecule has 0 amide bonds. The minimum Gasteiger partial charge on any atom is -0.378 e. The Morgan fingerprint density at radius 3 is 2.86 bits per heavy atom. The number of halogens is 1. The molecule has 2 N–H and O–H groups in total. The Morgan fingerprint density at radius 1 is 1.29 bits per heavy atom. The summed E-state index contributed by atoms with van der Waals surface area (Å²) in [5.41, 5.74) is 10.4. The Morgan fingerprint density at radius 2 is 2.07 bits per heavy atom. The molecule has 0 radical (unpaired) electrons. The van der Waals surface area contributed by atoms with Crippen LogP contribution in [-0.4, -0.2) is 23.7 Å². The van der Waals surface area contributed by atoms with Gasteiger partial charge in [0.2, 0.25) is 0 Å². The quantitative estimate of drug-likeness (QED) is 0.730. The van der Waals surface area contributed by atoms with Crippen molar-refractivity contribution in [1.82, 2.24) is 15.6 Å². The van der Waals surface area contributed by atoms with Gasteiger partial charge >= 0.3 is 0 Å². The Labute approximate surface area is 174 Å². The van der Waals surface area contributed by atoms with Gasteiger partial charge in [0.1, 0.15) is 0 Å². The molecule has 0 bridgehead atoms. The zero-order chi connectivity index (χ0) is 19.8. The molecule has 2 aromatic carbocycles. The number of rotatable bonds is 3. The fourth-order valence-electron chi connectivity index (χ4n) is 4.23. The normalized spacial score (nSPS) is 21.5. The van der Waals surface area contributed by atoms with Crippen LogP contribution in [0.1, 0.15) is 36.6 Å².